The Hall–Kier alpha value is -2.15. The lowest BCUT2D eigenvalue weighted by atomic mass is 9.95. The molecule has 0 aliphatic carbocycles. The van der Waals surface area contributed by atoms with Crippen molar-refractivity contribution in [1.82, 2.24) is 5.32 Å². The third-order valence-electron chi connectivity index (χ3n) is 5.55. The number of esters is 1. The fourth-order valence-electron chi connectivity index (χ4n) is 3.87. The van der Waals surface area contributed by atoms with E-state index < -0.39 is 27.9 Å². The van der Waals surface area contributed by atoms with Crippen LogP contribution in [0.25, 0.3) is 0 Å². The number of ether oxygens (including phenoxy) is 1. The maximum absolute atomic E-state index is 12.8. The number of hydrogen-bond acceptors (Lipinski definition) is 5. The quantitative estimate of drug-likeness (QED) is 0.557. The summed E-state index contributed by atoms with van der Waals surface area (Å²) in [6, 6.07) is 7.70. The Morgan fingerprint density at radius 1 is 1.07 bits per heavy atom. The van der Waals surface area contributed by atoms with Gasteiger partial charge in [-0.2, -0.15) is 0 Å². The lowest BCUT2D eigenvalue weighted by molar-refractivity contribution is -0.145. The van der Waals surface area contributed by atoms with Gasteiger partial charge in [-0.15, -0.1) is 0 Å². The molecule has 1 aromatic carbocycles. The molecule has 158 valence electrons. The van der Waals surface area contributed by atoms with E-state index in [2.05, 4.69) is 11.4 Å². The molecule has 2 aliphatic heterocycles. The second-order valence-electron chi connectivity index (χ2n) is 8.23. The number of nitrogens with one attached hydrogen (secondary N) is 1. The van der Waals surface area contributed by atoms with E-state index in [0.29, 0.717) is 19.3 Å². The monoisotopic (exact) mass is 419 g/mol. The summed E-state index contributed by atoms with van der Waals surface area (Å²) in [6.45, 7) is 3.45. The first kappa shape index (κ1) is 21.6. The van der Waals surface area contributed by atoms with Crippen LogP contribution >= 0.6 is 0 Å². The van der Waals surface area contributed by atoms with Crippen molar-refractivity contribution in [2.24, 2.45) is 11.8 Å². The van der Waals surface area contributed by atoms with Crippen LogP contribution in [0.2, 0.25) is 0 Å². The Labute approximate surface area is 172 Å². The maximum Gasteiger partial charge on any atom is 0.309 e. The molecule has 2 aliphatic rings. The van der Waals surface area contributed by atoms with Gasteiger partial charge in [0.15, 0.2) is 9.84 Å². The van der Waals surface area contributed by atoms with Crippen molar-refractivity contribution < 1.29 is 22.7 Å². The first-order valence-corrected chi connectivity index (χ1v) is 12.0. The molecule has 1 fully saturated rings. The van der Waals surface area contributed by atoms with Crippen LogP contribution in [0.3, 0.4) is 0 Å². The molecule has 1 aromatic rings. The number of allylic oxidation sites excluding steroid dienone is 2. The molecule has 1 amide bonds. The fourth-order valence-corrected chi connectivity index (χ4v) is 5.44. The fraction of sp³-hybridized carbons (Fsp3) is 0.545. The zero-order chi connectivity index (χ0) is 21.0. The minimum atomic E-state index is -3.33. The molecule has 2 heterocycles. The molecule has 1 saturated heterocycles. The Morgan fingerprint density at radius 2 is 1.83 bits per heavy atom. The van der Waals surface area contributed by atoms with Crippen LogP contribution in [0.15, 0.2) is 36.4 Å². The molecular formula is C22H29NO5S. The molecule has 0 saturated carbocycles. The number of hydrogen-bond donors (Lipinski definition) is 1. The van der Waals surface area contributed by atoms with Crippen molar-refractivity contribution >= 4 is 21.7 Å². The van der Waals surface area contributed by atoms with Gasteiger partial charge in [0.2, 0.25) is 5.91 Å². The van der Waals surface area contributed by atoms with Gasteiger partial charge in [-0.3, -0.25) is 9.59 Å². The number of benzene rings is 1. The minimum absolute atomic E-state index is 0.0301. The average Bonchev–Trinajstić information content (AvgIpc) is 2.98. The zero-order valence-electron chi connectivity index (χ0n) is 17.0. The highest BCUT2D eigenvalue weighted by Gasteiger charge is 2.37. The van der Waals surface area contributed by atoms with Crippen LogP contribution in [-0.4, -0.2) is 43.9 Å². The van der Waals surface area contributed by atoms with Crippen LogP contribution in [0.4, 0.5) is 0 Å². The van der Waals surface area contributed by atoms with E-state index in [4.69, 9.17) is 4.74 Å². The van der Waals surface area contributed by atoms with Crippen LogP contribution in [0.5, 0.6) is 0 Å². The van der Waals surface area contributed by atoms with Gasteiger partial charge in [0.1, 0.15) is 6.10 Å². The highest BCUT2D eigenvalue weighted by Crippen LogP contribution is 2.25. The number of sulfone groups is 1. The summed E-state index contributed by atoms with van der Waals surface area (Å²) in [5, 5.41) is 2.97. The number of cyclic esters (lactones) is 1. The van der Waals surface area contributed by atoms with Crippen molar-refractivity contribution in [3.8, 4) is 0 Å². The van der Waals surface area contributed by atoms with E-state index in [9.17, 15) is 18.0 Å². The van der Waals surface area contributed by atoms with Gasteiger partial charge in [-0.25, -0.2) is 8.42 Å². The first-order chi connectivity index (χ1) is 13.7. The number of rotatable bonds is 1. The smallest absolute Gasteiger partial charge is 0.309 e. The average molecular weight is 420 g/mol. The zero-order valence-corrected chi connectivity index (χ0v) is 17.8. The lowest BCUT2D eigenvalue weighted by Gasteiger charge is -2.26. The molecule has 0 radical (unpaired) electrons. The maximum atomic E-state index is 12.8. The Bertz CT molecular complexity index is 892. The normalized spacial score (nSPS) is 31.8. The third kappa shape index (κ3) is 5.92. The van der Waals surface area contributed by atoms with Gasteiger partial charge in [-0.1, -0.05) is 50.3 Å². The molecule has 0 spiro atoms. The number of amides is 1. The van der Waals surface area contributed by atoms with Gasteiger partial charge in [-0.05, 0) is 36.8 Å². The van der Waals surface area contributed by atoms with Crippen molar-refractivity contribution in [2.45, 2.75) is 51.7 Å². The number of fused-ring (bicyclic) bond motifs is 2. The predicted octanol–water partition coefficient (Wildman–Crippen LogP) is 2.22. The van der Waals surface area contributed by atoms with Gasteiger partial charge in [0.05, 0.1) is 23.5 Å². The summed E-state index contributed by atoms with van der Waals surface area (Å²) in [5.41, 5.74) is 2.17. The SMILES string of the molecule is C[C@@H]1CS(=O)(=O)CC/C=C\Cc2cccc(c2)C[C@@H]([C@@H]2C[C@@H](C)C(=O)O2)NC1=O. The molecule has 6 nitrogen and oxygen atoms in total. The molecule has 1 N–H and O–H groups in total. The molecule has 2 bridgehead atoms. The van der Waals surface area contributed by atoms with Crippen LogP contribution in [0, 0.1) is 11.8 Å². The molecule has 29 heavy (non-hydrogen) atoms. The van der Waals surface area contributed by atoms with E-state index in [-0.39, 0.29) is 29.3 Å². The highest BCUT2D eigenvalue weighted by atomic mass is 32.2. The number of carbonyl (C=O) groups excluding carboxylic acids is 2. The second-order valence-corrected chi connectivity index (χ2v) is 10.5. The molecule has 3 rings (SSSR count). The van der Waals surface area contributed by atoms with Crippen LogP contribution in [0.1, 0.15) is 37.8 Å². The predicted molar refractivity (Wildman–Crippen MR) is 111 cm³/mol. The van der Waals surface area contributed by atoms with Crippen molar-refractivity contribution in [3.63, 3.8) is 0 Å². The van der Waals surface area contributed by atoms with Crippen molar-refractivity contribution in [2.75, 3.05) is 11.5 Å². The Morgan fingerprint density at radius 3 is 2.55 bits per heavy atom. The van der Waals surface area contributed by atoms with Gasteiger partial charge in [0, 0.05) is 5.92 Å². The summed E-state index contributed by atoms with van der Waals surface area (Å²) < 4.78 is 30.2. The molecular weight excluding hydrogens is 390 g/mol. The summed E-state index contributed by atoms with van der Waals surface area (Å²) >= 11 is 0. The summed E-state index contributed by atoms with van der Waals surface area (Å²) in [6.07, 6.45) is 5.68. The Kier molecular flexibility index (Phi) is 6.77. The molecule has 0 aromatic heterocycles. The summed E-state index contributed by atoms with van der Waals surface area (Å²) in [7, 11) is -3.33. The van der Waals surface area contributed by atoms with Crippen LogP contribution < -0.4 is 5.32 Å². The second kappa shape index (κ2) is 9.11. The van der Waals surface area contributed by atoms with Crippen molar-refractivity contribution in [1.29, 1.82) is 0 Å². The number of carbonyl (C=O) groups is 2. The van der Waals surface area contributed by atoms with E-state index >= 15 is 0 Å². The minimum Gasteiger partial charge on any atom is -0.460 e. The Balaban J connectivity index is 1.88. The highest BCUT2D eigenvalue weighted by molar-refractivity contribution is 7.91. The van der Waals surface area contributed by atoms with Gasteiger partial charge >= 0.3 is 5.97 Å². The van der Waals surface area contributed by atoms with Gasteiger partial charge < -0.3 is 10.1 Å². The lowest BCUT2D eigenvalue weighted by Crippen LogP contribution is -2.47. The summed E-state index contributed by atoms with van der Waals surface area (Å²) in [4.78, 5) is 24.7. The molecule has 7 heteroatoms. The molecule has 0 unspecified atom stereocenters. The largest absolute Gasteiger partial charge is 0.460 e. The van der Waals surface area contributed by atoms with Gasteiger partial charge in [0.25, 0.3) is 0 Å². The van der Waals surface area contributed by atoms with E-state index in [0.717, 1.165) is 17.5 Å². The van der Waals surface area contributed by atoms with E-state index in [1.807, 2.05) is 37.3 Å². The summed E-state index contributed by atoms with van der Waals surface area (Å²) in [5.74, 6) is -1.61. The van der Waals surface area contributed by atoms with Crippen LogP contribution in [-0.2, 0) is 37.0 Å². The van der Waals surface area contributed by atoms with E-state index in [1.165, 1.54) is 0 Å². The first-order valence-electron chi connectivity index (χ1n) is 10.2. The standard InChI is InChI=1S/C22H29NO5S/c1-15-11-20(28-22(15)25)19-13-18-9-6-8-17(12-18)7-4-3-5-10-29(26,27)14-16(2)21(24)23-19/h3-4,6,8-9,12,15-16,19-20H,5,7,10-11,13-14H2,1-2H3,(H,23,24)/b4-3-/t15-,16-,19+,20+/m1/s1. The third-order valence-corrected chi connectivity index (χ3v) is 7.41. The molecule has 4 atom stereocenters. The van der Waals surface area contributed by atoms with E-state index in [1.54, 1.807) is 6.92 Å². The topological polar surface area (TPSA) is 89.5 Å². The van der Waals surface area contributed by atoms with Crippen molar-refractivity contribution in [3.05, 3.63) is 47.5 Å².